The third-order valence-corrected chi connectivity index (χ3v) is 3.18. The number of nitrogens with zero attached hydrogens (tertiary/aromatic N) is 1. The van der Waals surface area contributed by atoms with Crippen LogP contribution in [0.4, 0.5) is 18.9 Å². The zero-order valence-electron chi connectivity index (χ0n) is 11.0. The maximum Gasteiger partial charge on any atom is 0.406 e. The Morgan fingerprint density at radius 3 is 2.60 bits per heavy atom. The predicted octanol–water partition coefficient (Wildman–Crippen LogP) is 3.84. The number of anilines is 1. The lowest BCUT2D eigenvalue weighted by Gasteiger charge is -2.24. The minimum absolute atomic E-state index is 0.0563. The largest absolute Gasteiger partial charge is 0.406 e. The topological polar surface area (TPSA) is 46.3 Å². The van der Waals surface area contributed by atoms with Gasteiger partial charge < -0.3 is 10.6 Å². The van der Waals surface area contributed by atoms with Gasteiger partial charge in [-0.2, -0.15) is 13.2 Å². The van der Waals surface area contributed by atoms with Crippen LogP contribution in [-0.2, 0) is 0 Å². The molecule has 0 fully saturated rings. The first-order valence-corrected chi connectivity index (χ1v) is 6.95. The molecule has 0 atom stereocenters. The number of benzene rings is 1. The van der Waals surface area contributed by atoms with Crippen LogP contribution in [0, 0.1) is 0 Å². The Morgan fingerprint density at radius 1 is 1.40 bits per heavy atom. The zero-order valence-corrected chi connectivity index (χ0v) is 12.6. The van der Waals surface area contributed by atoms with Gasteiger partial charge in [-0.25, -0.2) is 0 Å². The van der Waals surface area contributed by atoms with Gasteiger partial charge in [-0.3, -0.25) is 4.79 Å². The second-order valence-corrected chi connectivity index (χ2v) is 5.34. The number of hydrogen-bond donors (Lipinski definition) is 1. The van der Waals surface area contributed by atoms with Crippen LogP contribution in [0.2, 0.25) is 0 Å². The van der Waals surface area contributed by atoms with E-state index in [-0.39, 0.29) is 17.8 Å². The van der Waals surface area contributed by atoms with Crippen molar-refractivity contribution in [2.75, 3.05) is 18.8 Å². The minimum Gasteiger partial charge on any atom is -0.398 e. The lowest BCUT2D eigenvalue weighted by Crippen LogP contribution is -2.39. The van der Waals surface area contributed by atoms with Crippen molar-refractivity contribution in [2.24, 2.45) is 0 Å². The van der Waals surface area contributed by atoms with Crippen LogP contribution in [0.1, 0.15) is 30.1 Å². The van der Waals surface area contributed by atoms with Crippen molar-refractivity contribution in [2.45, 2.75) is 25.9 Å². The summed E-state index contributed by atoms with van der Waals surface area (Å²) in [6.07, 6.45) is -3.21. The van der Waals surface area contributed by atoms with E-state index >= 15 is 0 Å². The van der Waals surface area contributed by atoms with E-state index in [4.69, 9.17) is 5.73 Å². The van der Waals surface area contributed by atoms with Crippen molar-refractivity contribution in [1.29, 1.82) is 0 Å². The van der Waals surface area contributed by atoms with Gasteiger partial charge in [0.15, 0.2) is 0 Å². The van der Waals surface area contributed by atoms with Crippen molar-refractivity contribution < 1.29 is 18.0 Å². The molecule has 1 rings (SSSR count). The van der Waals surface area contributed by atoms with E-state index in [1.165, 1.54) is 12.1 Å². The summed E-state index contributed by atoms with van der Waals surface area (Å²) in [5.74, 6) is -0.699. The molecule has 3 nitrogen and oxygen atoms in total. The lowest BCUT2D eigenvalue weighted by atomic mass is 10.1. The summed E-state index contributed by atoms with van der Waals surface area (Å²) in [4.78, 5) is 13.0. The first-order valence-electron chi connectivity index (χ1n) is 6.15. The fourth-order valence-electron chi connectivity index (χ4n) is 1.70. The summed E-state index contributed by atoms with van der Waals surface area (Å²) >= 11 is 3.18. The van der Waals surface area contributed by atoms with Crippen LogP contribution in [0.25, 0.3) is 0 Å². The van der Waals surface area contributed by atoms with Crippen molar-refractivity contribution >= 4 is 27.5 Å². The molecule has 0 aliphatic carbocycles. The highest BCUT2D eigenvalue weighted by Gasteiger charge is 2.33. The van der Waals surface area contributed by atoms with E-state index < -0.39 is 18.6 Å². The SMILES string of the molecule is CCCCN(CC(F)(F)F)C(=O)c1cc(Br)ccc1N. The number of alkyl halides is 3. The first-order chi connectivity index (χ1) is 9.24. The first kappa shape index (κ1) is 16.8. The van der Waals surface area contributed by atoms with Crippen LogP contribution < -0.4 is 5.73 Å². The van der Waals surface area contributed by atoms with Gasteiger partial charge in [0.05, 0.1) is 5.56 Å². The summed E-state index contributed by atoms with van der Waals surface area (Å²) in [6, 6.07) is 4.56. The van der Waals surface area contributed by atoms with Crippen LogP contribution in [0.5, 0.6) is 0 Å². The summed E-state index contributed by atoms with van der Waals surface area (Å²) in [6.45, 7) is 0.641. The minimum atomic E-state index is -4.43. The molecule has 0 radical (unpaired) electrons. The number of nitrogen functional groups attached to an aromatic ring is 1. The normalized spacial score (nSPS) is 11.4. The van der Waals surface area contributed by atoms with E-state index in [0.717, 1.165) is 4.90 Å². The molecule has 0 saturated heterocycles. The van der Waals surface area contributed by atoms with Gasteiger partial charge in [0.2, 0.25) is 0 Å². The summed E-state index contributed by atoms with van der Waals surface area (Å²) in [7, 11) is 0. The highest BCUT2D eigenvalue weighted by molar-refractivity contribution is 9.10. The number of nitrogens with two attached hydrogens (primary N) is 1. The van der Waals surface area contributed by atoms with Crippen molar-refractivity contribution in [3.8, 4) is 0 Å². The van der Waals surface area contributed by atoms with E-state index in [9.17, 15) is 18.0 Å². The summed E-state index contributed by atoms with van der Waals surface area (Å²) in [5, 5.41) is 0. The molecule has 0 aliphatic rings. The van der Waals surface area contributed by atoms with Crippen LogP contribution in [0.3, 0.4) is 0 Å². The monoisotopic (exact) mass is 352 g/mol. The number of hydrogen-bond acceptors (Lipinski definition) is 2. The molecule has 0 aliphatic heterocycles. The fraction of sp³-hybridized carbons (Fsp3) is 0.462. The summed E-state index contributed by atoms with van der Waals surface area (Å²) in [5.41, 5.74) is 5.92. The second-order valence-electron chi connectivity index (χ2n) is 4.43. The van der Waals surface area contributed by atoms with E-state index in [1.807, 2.05) is 6.92 Å². The van der Waals surface area contributed by atoms with Crippen LogP contribution in [-0.4, -0.2) is 30.1 Å². The highest BCUT2D eigenvalue weighted by atomic mass is 79.9. The standard InChI is InChI=1S/C13H16BrF3N2O/c1-2-3-6-19(8-13(15,16)17)12(20)10-7-9(14)4-5-11(10)18/h4-5,7H,2-3,6,8,18H2,1H3. The van der Waals surface area contributed by atoms with Gasteiger partial charge in [0.1, 0.15) is 6.54 Å². The molecule has 112 valence electrons. The Kier molecular flexibility index (Phi) is 5.86. The predicted molar refractivity (Wildman–Crippen MR) is 75.4 cm³/mol. The van der Waals surface area contributed by atoms with Crippen molar-refractivity contribution in [1.82, 2.24) is 4.90 Å². The van der Waals surface area contributed by atoms with Gasteiger partial charge in [-0.1, -0.05) is 29.3 Å². The average molecular weight is 353 g/mol. The molecule has 0 aromatic heterocycles. The Morgan fingerprint density at radius 2 is 2.05 bits per heavy atom. The average Bonchev–Trinajstić information content (AvgIpc) is 2.35. The van der Waals surface area contributed by atoms with Crippen molar-refractivity contribution in [3.05, 3.63) is 28.2 Å². The maximum atomic E-state index is 12.6. The number of carbonyl (C=O) groups excluding carboxylic acids is 1. The molecule has 7 heteroatoms. The summed E-state index contributed by atoms with van der Waals surface area (Å²) < 4.78 is 38.3. The van der Waals surface area contributed by atoms with Crippen molar-refractivity contribution in [3.63, 3.8) is 0 Å². The molecule has 0 unspecified atom stereocenters. The Labute approximate surface area is 124 Å². The maximum absolute atomic E-state index is 12.6. The molecular formula is C13H16BrF3N2O. The number of rotatable bonds is 5. The van der Waals surface area contributed by atoms with E-state index in [1.54, 1.807) is 6.07 Å². The smallest absolute Gasteiger partial charge is 0.398 e. The van der Waals surface area contributed by atoms with Gasteiger partial charge in [0, 0.05) is 16.7 Å². The fourth-order valence-corrected chi connectivity index (χ4v) is 2.06. The van der Waals surface area contributed by atoms with Gasteiger partial charge in [-0.05, 0) is 24.6 Å². The number of unbranched alkanes of at least 4 members (excludes halogenated alkanes) is 1. The number of halogens is 4. The molecule has 1 amide bonds. The molecule has 0 saturated carbocycles. The zero-order chi connectivity index (χ0) is 15.3. The highest BCUT2D eigenvalue weighted by Crippen LogP contribution is 2.23. The third kappa shape index (κ3) is 5.03. The molecular weight excluding hydrogens is 337 g/mol. The quantitative estimate of drug-likeness (QED) is 0.818. The van der Waals surface area contributed by atoms with Gasteiger partial charge in [0.25, 0.3) is 5.91 Å². The van der Waals surface area contributed by atoms with Crippen LogP contribution >= 0.6 is 15.9 Å². The Bertz CT molecular complexity index is 477. The molecule has 0 spiro atoms. The van der Waals surface area contributed by atoms with E-state index in [2.05, 4.69) is 15.9 Å². The van der Waals surface area contributed by atoms with E-state index in [0.29, 0.717) is 17.3 Å². The van der Waals surface area contributed by atoms with Gasteiger partial charge >= 0.3 is 6.18 Å². The number of carbonyl (C=O) groups is 1. The Balaban J connectivity index is 2.99. The Hall–Kier alpha value is -1.24. The van der Waals surface area contributed by atoms with Crippen LogP contribution in [0.15, 0.2) is 22.7 Å². The molecule has 0 heterocycles. The molecule has 1 aromatic rings. The molecule has 20 heavy (non-hydrogen) atoms. The number of amides is 1. The molecule has 0 bridgehead atoms. The molecule has 2 N–H and O–H groups in total. The molecule has 1 aromatic carbocycles. The van der Waals surface area contributed by atoms with Gasteiger partial charge in [-0.15, -0.1) is 0 Å². The second kappa shape index (κ2) is 6.97. The lowest BCUT2D eigenvalue weighted by molar-refractivity contribution is -0.140. The third-order valence-electron chi connectivity index (χ3n) is 2.68.